The lowest BCUT2D eigenvalue weighted by atomic mass is 10.1. The van der Waals surface area contributed by atoms with Crippen molar-refractivity contribution in [1.82, 2.24) is 0 Å². The number of thioether (sulfide) groups is 2. The van der Waals surface area contributed by atoms with Crippen LogP contribution < -0.4 is 9.47 Å². The van der Waals surface area contributed by atoms with Gasteiger partial charge in [0.1, 0.15) is 11.5 Å². The smallest absolute Gasteiger partial charge is 0.303 e. The number of aryl methyl sites for hydroxylation is 1. The van der Waals surface area contributed by atoms with Gasteiger partial charge < -0.3 is 19.7 Å². The molecule has 0 saturated carbocycles. The first-order chi connectivity index (χ1) is 18.9. The summed E-state index contributed by atoms with van der Waals surface area (Å²) in [6.07, 6.45) is 11.7. The van der Waals surface area contributed by atoms with Gasteiger partial charge in [-0.1, -0.05) is 74.9 Å². The van der Waals surface area contributed by atoms with Gasteiger partial charge in [-0.05, 0) is 44.2 Å². The van der Waals surface area contributed by atoms with Gasteiger partial charge in [0.15, 0.2) is 0 Å². The van der Waals surface area contributed by atoms with E-state index >= 15 is 0 Å². The minimum absolute atomic E-state index is 0.0709. The van der Waals surface area contributed by atoms with Gasteiger partial charge in [0, 0.05) is 12.8 Å². The van der Waals surface area contributed by atoms with Crippen LogP contribution in [-0.2, 0) is 9.59 Å². The Morgan fingerprint density at radius 2 is 1.33 bits per heavy atom. The standard InChI is InChI=1S/C29H38N2O6S2/c1-21-19-23(36-17-13-9-5-3-7-11-15-24(32)33)27-28(39-29(38-27)22(20-30)31-2)26(21)37-18-14-10-6-4-8-12-16-25(34)35/h19H,3-18H2,1H3,(H,32,33)(H,34,35)/b29-22+. The number of aliphatic carboxylic acids is 2. The summed E-state index contributed by atoms with van der Waals surface area (Å²) in [6.45, 7) is 10.5. The van der Waals surface area contributed by atoms with Gasteiger partial charge in [0.05, 0.1) is 39.9 Å². The molecule has 1 heterocycles. The lowest BCUT2D eigenvalue weighted by Crippen LogP contribution is -2.03. The van der Waals surface area contributed by atoms with Crippen molar-refractivity contribution in [3.8, 4) is 17.6 Å². The molecule has 212 valence electrons. The van der Waals surface area contributed by atoms with E-state index < -0.39 is 11.9 Å². The van der Waals surface area contributed by atoms with E-state index in [1.54, 1.807) is 0 Å². The van der Waals surface area contributed by atoms with E-state index in [1.807, 2.05) is 19.1 Å². The van der Waals surface area contributed by atoms with Crippen LogP contribution in [-0.4, -0.2) is 35.4 Å². The second-order valence-corrected chi connectivity index (χ2v) is 11.8. The molecule has 8 nitrogen and oxygen atoms in total. The fraction of sp³-hybridized carbons (Fsp3) is 0.586. The lowest BCUT2D eigenvalue weighted by Gasteiger charge is -2.16. The van der Waals surface area contributed by atoms with Crippen molar-refractivity contribution in [3.63, 3.8) is 0 Å². The van der Waals surface area contributed by atoms with E-state index in [-0.39, 0.29) is 18.5 Å². The van der Waals surface area contributed by atoms with Crippen LogP contribution in [0.1, 0.15) is 95.5 Å². The maximum Gasteiger partial charge on any atom is 0.303 e. The first kappa shape index (κ1) is 32.4. The maximum absolute atomic E-state index is 10.6. The number of hydrogen-bond donors (Lipinski definition) is 2. The molecule has 10 heteroatoms. The molecule has 0 saturated heterocycles. The summed E-state index contributed by atoms with van der Waals surface area (Å²) >= 11 is 2.79. The van der Waals surface area contributed by atoms with E-state index in [1.165, 1.54) is 23.5 Å². The molecular weight excluding hydrogens is 536 g/mol. The van der Waals surface area contributed by atoms with Crippen LogP contribution in [0.3, 0.4) is 0 Å². The van der Waals surface area contributed by atoms with Gasteiger partial charge in [-0.2, -0.15) is 0 Å². The lowest BCUT2D eigenvalue weighted by molar-refractivity contribution is -0.138. The molecule has 1 aliphatic heterocycles. The number of nitrogens with zero attached hydrogens (tertiary/aromatic N) is 2. The largest absolute Gasteiger partial charge is 0.492 e. The van der Waals surface area contributed by atoms with E-state index in [4.69, 9.17) is 26.3 Å². The van der Waals surface area contributed by atoms with Gasteiger partial charge in [-0.15, -0.1) is 0 Å². The number of ether oxygens (including phenoxy) is 2. The van der Waals surface area contributed by atoms with Crippen LogP contribution in [0, 0.1) is 24.8 Å². The Morgan fingerprint density at radius 3 is 1.85 bits per heavy atom. The van der Waals surface area contributed by atoms with Crippen molar-refractivity contribution in [1.29, 1.82) is 5.26 Å². The third-order valence-electron chi connectivity index (χ3n) is 6.22. The zero-order valence-corrected chi connectivity index (χ0v) is 24.3. The number of allylic oxidation sites excluding steroid dienone is 1. The van der Waals surface area contributed by atoms with Crippen molar-refractivity contribution in [2.45, 2.75) is 107 Å². The van der Waals surface area contributed by atoms with Crippen LogP contribution in [0.4, 0.5) is 0 Å². The molecular formula is C29H38N2O6S2. The highest BCUT2D eigenvalue weighted by Crippen LogP contribution is 2.59. The number of carboxylic acids is 2. The zero-order chi connectivity index (χ0) is 28.5. The molecule has 2 rings (SSSR count). The monoisotopic (exact) mass is 574 g/mol. The number of carbonyl (C=O) groups is 2. The molecule has 2 N–H and O–H groups in total. The molecule has 1 aromatic rings. The zero-order valence-electron chi connectivity index (χ0n) is 22.6. The molecule has 0 spiro atoms. The average Bonchev–Trinajstić information content (AvgIpc) is 3.33. The molecule has 0 aromatic heterocycles. The Balaban J connectivity index is 1.91. The van der Waals surface area contributed by atoms with Gasteiger partial charge in [0.2, 0.25) is 0 Å². The highest BCUT2D eigenvalue weighted by Gasteiger charge is 2.30. The first-order valence-corrected chi connectivity index (χ1v) is 15.2. The Morgan fingerprint density at radius 1 is 0.846 bits per heavy atom. The van der Waals surface area contributed by atoms with E-state index in [0.29, 0.717) is 17.5 Å². The Hall–Kier alpha value is -2.82. The number of unbranched alkanes of at least 4 members (excludes halogenated alkanes) is 10. The molecule has 0 unspecified atom stereocenters. The summed E-state index contributed by atoms with van der Waals surface area (Å²) in [5, 5.41) is 26.8. The fourth-order valence-corrected chi connectivity index (χ4v) is 6.72. The number of carboxylic acid groups (broad SMARTS) is 2. The summed E-state index contributed by atoms with van der Waals surface area (Å²) in [5.74, 6) is 0.0378. The Bertz CT molecular complexity index is 1070. The molecule has 0 atom stereocenters. The topological polar surface area (TPSA) is 121 Å². The molecule has 1 aromatic carbocycles. The van der Waals surface area contributed by atoms with Crippen LogP contribution in [0.5, 0.6) is 11.5 Å². The molecule has 1 aliphatic rings. The van der Waals surface area contributed by atoms with E-state index in [0.717, 1.165) is 104 Å². The summed E-state index contributed by atoms with van der Waals surface area (Å²) in [4.78, 5) is 26.3. The van der Waals surface area contributed by atoms with Gasteiger partial charge >= 0.3 is 11.9 Å². The summed E-state index contributed by atoms with van der Waals surface area (Å²) in [5.41, 5.74) is 1.02. The molecule has 39 heavy (non-hydrogen) atoms. The third kappa shape index (κ3) is 11.8. The molecule has 0 fully saturated rings. The van der Waals surface area contributed by atoms with Gasteiger partial charge in [-0.3, -0.25) is 9.59 Å². The first-order valence-electron chi connectivity index (χ1n) is 13.6. The maximum atomic E-state index is 10.6. The second kappa shape index (κ2) is 18.5. The number of rotatable bonds is 20. The molecule has 0 aliphatic carbocycles. The highest BCUT2D eigenvalue weighted by atomic mass is 32.2. The van der Waals surface area contributed by atoms with Gasteiger partial charge in [0.25, 0.3) is 5.70 Å². The fourth-order valence-electron chi connectivity index (χ4n) is 4.14. The summed E-state index contributed by atoms with van der Waals surface area (Å²) in [6, 6.07) is 3.97. The normalized spacial score (nSPS) is 13.3. The number of fused-ring (bicyclic) bond motifs is 1. The molecule has 0 amide bonds. The second-order valence-electron chi connectivity index (χ2n) is 9.47. The Labute approximate surface area is 240 Å². The molecule has 0 radical (unpaired) electrons. The number of hydrogen-bond acceptors (Lipinski definition) is 7. The summed E-state index contributed by atoms with van der Waals surface area (Å²) < 4.78 is 13.0. The predicted molar refractivity (Wildman–Crippen MR) is 153 cm³/mol. The van der Waals surface area contributed by atoms with Crippen molar-refractivity contribution in [3.05, 3.63) is 33.0 Å². The van der Waals surface area contributed by atoms with Crippen molar-refractivity contribution in [2.75, 3.05) is 13.2 Å². The predicted octanol–water partition coefficient (Wildman–Crippen LogP) is 8.19. The van der Waals surface area contributed by atoms with E-state index in [2.05, 4.69) is 4.85 Å². The third-order valence-corrected chi connectivity index (χ3v) is 8.81. The number of nitriles is 1. The minimum Gasteiger partial charge on any atom is -0.492 e. The van der Waals surface area contributed by atoms with Crippen LogP contribution in [0.2, 0.25) is 0 Å². The minimum atomic E-state index is -0.739. The van der Waals surface area contributed by atoms with Crippen molar-refractivity contribution < 1.29 is 29.3 Å². The van der Waals surface area contributed by atoms with Crippen molar-refractivity contribution >= 4 is 35.5 Å². The summed E-state index contributed by atoms with van der Waals surface area (Å²) in [7, 11) is 0. The van der Waals surface area contributed by atoms with E-state index in [9.17, 15) is 14.9 Å². The van der Waals surface area contributed by atoms with Gasteiger partial charge in [-0.25, -0.2) is 10.1 Å². The number of benzene rings is 1. The van der Waals surface area contributed by atoms with Crippen LogP contribution >= 0.6 is 23.5 Å². The quantitative estimate of drug-likeness (QED) is 0.0901. The Kier molecular flexibility index (Phi) is 15.3. The highest BCUT2D eigenvalue weighted by molar-refractivity contribution is 8.24. The van der Waals surface area contributed by atoms with Crippen LogP contribution in [0.25, 0.3) is 4.85 Å². The van der Waals surface area contributed by atoms with Crippen molar-refractivity contribution in [2.24, 2.45) is 0 Å². The SMILES string of the molecule is [C-]#[N+]/C(C#N)=C1\Sc2c(OCCCCCCCCC(=O)O)cc(C)c(OCCCCCCCCC(=O)O)c2S1. The molecule has 0 bridgehead atoms. The van der Waals surface area contributed by atoms with Crippen LogP contribution in [0.15, 0.2) is 25.8 Å². The average molecular weight is 575 g/mol.